The van der Waals surface area contributed by atoms with Gasteiger partial charge in [-0.25, -0.2) is 0 Å². The van der Waals surface area contributed by atoms with Crippen LogP contribution in [0.15, 0.2) is 36.4 Å². The number of Topliss-reactive ketones (excluding diaryl/α,β-unsaturated/α-hetero) is 1. The van der Waals surface area contributed by atoms with Crippen molar-refractivity contribution in [3.8, 4) is 17.2 Å². The third-order valence-electron chi connectivity index (χ3n) is 3.16. The highest BCUT2D eigenvalue weighted by Gasteiger charge is 2.16. The summed E-state index contributed by atoms with van der Waals surface area (Å²) in [6.45, 7) is 1.78. The minimum Gasteiger partial charge on any atom is -0.497 e. The fourth-order valence-corrected chi connectivity index (χ4v) is 2.26. The van der Waals surface area contributed by atoms with Gasteiger partial charge in [0.1, 0.15) is 29.4 Å². The highest BCUT2D eigenvalue weighted by atomic mass is 35.5. The molecule has 0 N–H and O–H groups in total. The molecule has 0 aliphatic carbocycles. The van der Waals surface area contributed by atoms with E-state index in [0.717, 1.165) is 11.3 Å². The Morgan fingerprint density at radius 2 is 1.68 bits per heavy atom. The third-order valence-corrected chi connectivity index (χ3v) is 3.37. The molecule has 0 aromatic heterocycles. The van der Waals surface area contributed by atoms with Gasteiger partial charge in [-0.05, 0) is 36.8 Å². The molecule has 2 rings (SSSR count). The first kappa shape index (κ1) is 16.2. The molecule has 5 heteroatoms. The Balaban J connectivity index is 2.24. The summed E-state index contributed by atoms with van der Waals surface area (Å²) in [6.07, 6.45) is 0. The summed E-state index contributed by atoms with van der Waals surface area (Å²) in [5.74, 6) is 1.45. The quantitative estimate of drug-likeness (QED) is 0.750. The van der Waals surface area contributed by atoms with Gasteiger partial charge in [0.15, 0.2) is 5.78 Å². The predicted molar refractivity (Wildman–Crippen MR) is 85.3 cm³/mol. The normalized spacial score (nSPS) is 10.2. The van der Waals surface area contributed by atoms with Crippen LogP contribution in [-0.2, 0) is 6.61 Å². The highest BCUT2D eigenvalue weighted by Crippen LogP contribution is 2.33. The summed E-state index contributed by atoms with van der Waals surface area (Å²) in [7, 11) is 3.11. The first-order valence-electron chi connectivity index (χ1n) is 6.69. The molecule has 0 heterocycles. The molecule has 0 saturated carbocycles. The lowest BCUT2D eigenvalue weighted by Gasteiger charge is -2.14. The molecule has 4 nitrogen and oxygen atoms in total. The van der Waals surface area contributed by atoms with Crippen LogP contribution < -0.4 is 14.2 Å². The van der Waals surface area contributed by atoms with E-state index in [1.807, 2.05) is 24.3 Å². The molecule has 0 aliphatic heterocycles. The fraction of sp³-hybridized carbons (Fsp3) is 0.235. The van der Waals surface area contributed by atoms with Crippen molar-refractivity contribution in [2.45, 2.75) is 13.5 Å². The monoisotopic (exact) mass is 320 g/mol. The number of rotatable bonds is 6. The highest BCUT2D eigenvalue weighted by molar-refractivity contribution is 6.31. The second-order valence-electron chi connectivity index (χ2n) is 4.67. The van der Waals surface area contributed by atoms with Crippen LogP contribution in [0.2, 0.25) is 5.02 Å². The Hall–Kier alpha value is -2.20. The number of hydrogen-bond donors (Lipinski definition) is 0. The topological polar surface area (TPSA) is 44.8 Å². The summed E-state index contributed by atoms with van der Waals surface area (Å²) in [5, 5.41) is 0.451. The Morgan fingerprint density at radius 1 is 1.05 bits per heavy atom. The van der Waals surface area contributed by atoms with E-state index >= 15 is 0 Å². The van der Waals surface area contributed by atoms with Crippen molar-refractivity contribution in [1.29, 1.82) is 0 Å². The zero-order valence-corrected chi connectivity index (χ0v) is 13.4. The van der Waals surface area contributed by atoms with Crippen molar-refractivity contribution >= 4 is 17.4 Å². The van der Waals surface area contributed by atoms with Gasteiger partial charge in [0.05, 0.1) is 14.2 Å². The first-order chi connectivity index (χ1) is 10.5. The van der Waals surface area contributed by atoms with E-state index in [4.69, 9.17) is 25.8 Å². The molecule has 0 atom stereocenters. The molecule has 0 aliphatic rings. The van der Waals surface area contributed by atoms with Crippen molar-refractivity contribution in [3.63, 3.8) is 0 Å². The molecule has 2 aromatic rings. The maximum absolute atomic E-state index is 11.8. The van der Waals surface area contributed by atoms with Gasteiger partial charge in [0.25, 0.3) is 0 Å². The number of carbonyl (C=O) groups excluding carboxylic acids is 1. The molecular weight excluding hydrogens is 304 g/mol. The third kappa shape index (κ3) is 3.71. The van der Waals surface area contributed by atoms with E-state index in [1.165, 1.54) is 14.0 Å². The minimum atomic E-state index is -0.141. The summed E-state index contributed by atoms with van der Waals surface area (Å²) in [5.41, 5.74) is 1.34. The Labute approximate surface area is 134 Å². The summed E-state index contributed by atoms with van der Waals surface area (Å²) < 4.78 is 16.1. The average Bonchev–Trinajstić information content (AvgIpc) is 2.52. The van der Waals surface area contributed by atoms with E-state index in [-0.39, 0.29) is 5.78 Å². The average molecular weight is 321 g/mol. The summed E-state index contributed by atoms with van der Waals surface area (Å²) >= 11 is 6.04. The van der Waals surface area contributed by atoms with E-state index < -0.39 is 0 Å². The Morgan fingerprint density at radius 3 is 2.23 bits per heavy atom. The van der Waals surface area contributed by atoms with Crippen LogP contribution in [-0.4, -0.2) is 20.0 Å². The van der Waals surface area contributed by atoms with E-state index in [9.17, 15) is 4.79 Å². The van der Waals surface area contributed by atoms with Crippen LogP contribution >= 0.6 is 11.6 Å². The van der Waals surface area contributed by atoms with Crippen LogP contribution in [0, 0.1) is 0 Å². The van der Waals surface area contributed by atoms with Crippen LogP contribution in [0.4, 0.5) is 0 Å². The molecule has 0 unspecified atom stereocenters. The summed E-state index contributed by atoms with van der Waals surface area (Å²) in [6, 6.07) is 10.7. The van der Waals surface area contributed by atoms with E-state index in [2.05, 4.69) is 0 Å². The van der Waals surface area contributed by atoms with Gasteiger partial charge >= 0.3 is 0 Å². The van der Waals surface area contributed by atoms with Gasteiger partial charge < -0.3 is 14.2 Å². The van der Waals surface area contributed by atoms with Gasteiger partial charge in [0, 0.05) is 5.02 Å². The van der Waals surface area contributed by atoms with Crippen molar-refractivity contribution in [2.75, 3.05) is 14.2 Å². The summed E-state index contributed by atoms with van der Waals surface area (Å²) in [4.78, 5) is 11.8. The van der Waals surface area contributed by atoms with Crippen molar-refractivity contribution in [1.82, 2.24) is 0 Å². The zero-order chi connectivity index (χ0) is 16.1. The van der Waals surface area contributed by atoms with Crippen molar-refractivity contribution < 1.29 is 19.0 Å². The lowest BCUT2D eigenvalue weighted by atomic mass is 10.1. The molecule has 0 radical (unpaired) electrons. The van der Waals surface area contributed by atoms with E-state index in [0.29, 0.717) is 28.7 Å². The second kappa shape index (κ2) is 7.18. The maximum atomic E-state index is 11.8. The smallest absolute Gasteiger partial charge is 0.167 e. The fourth-order valence-electron chi connectivity index (χ4n) is 2.06. The number of benzene rings is 2. The van der Waals surface area contributed by atoms with Crippen LogP contribution in [0.25, 0.3) is 0 Å². The van der Waals surface area contributed by atoms with Gasteiger partial charge in [0.2, 0.25) is 0 Å². The lowest BCUT2D eigenvalue weighted by Crippen LogP contribution is -2.04. The molecule has 0 amide bonds. The Kier molecular flexibility index (Phi) is 5.28. The van der Waals surface area contributed by atoms with E-state index in [1.54, 1.807) is 19.2 Å². The SMILES string of the molecule is COc1ccc(COc2cc(Cl)cc(OC)c2C(C)=O)cc1. The molecular formula is C17H17ClO4. The molecule has 0 bridgehead atoms. The number of ether oxygens (including phenoxy) is 3. The zero-order valence-electron chi connectivity index (χ0n) is 12.7. The largest absolute Gasteiger partial charge is 0.497 e. The number of halogens is 1. The van der Waals surface area contributed by atoms with Crippen molar-refractivity contribution in [2.24, 2.45) is 0 Å². The standard InChI is InChI=1S/C17H17ClO4/c1-11(19)17-15(21-3)8-13(18)9-16(17)22-10-12-4-6-14(20-2)7-5-12/h4-9H,10H2,1-3H3. The predicted octanol–water partition coefficient (Wildman–Crippen LogP) is 4.14. The first-order valence-corrected chi connectivity index (χ1v) is 7.07. The van der Waals surface area contributed by atoms with Gasteiger partial charge in [-0.2, -0.15) is 0 Å². The number of methoxy groups -OCH3 is 2. The second-order valence-corrected chi connectivity index (χ2v) is 5.11. The van der Waals surface area contributed by atoms with Gasteiger partial charge in [-0.15, -0.1) is 0 Å². The molecule has 2 aromatic carbocycles. The molecule has 0 fully saturated rings. The van der Waals surface area contributed by atoms with Crippen LogP contribution in [0.1, 0.15) is 22.8 Å². The van der Waals surface area contributed by atoms with Gasteiger partial charge in [-0.1, -0.05) is 23.7 Å². The molecule has 0 spiro atoms. The molecule has 116 valence electrons. The minimum absolute atomic E-state index is 0.141. The number of ketones is 1. The number of hydrogen-bond acceptors (Lipinski definition) is 4. The Bertz CT molecular complexity index is 665. The maximum Gasteiger partial charge on any atom is 0.167 e. The van der Waals surface area contributed by atoms with Crippen LogP contribution in [0.3, 0.4) is 0 Å². The lowest BCUT2D eigenvalue weighted by molar-refractivity contribution is 0.101. The van der Waals surface area contributed by atoms with Crippen LogP contribution in [0.5, 0.6) is 17.2 Å². The number of carbonyl (C=O) groups is 1. The molecule has 0 saturated heterocycles. The van der Waals surface area contributed by atoms with Crippen molar-refractivity contribution in [3.05, 3.63) is 52.5 Å². The molecule has 22 heavy (non-hydrogen) atoms. The van der Waals surface area contributed by atoms with Gasteiger partial charge in [-0.3, -0.25) is 4.79 Å².